The van der Waals surface area contributed by atoms with Crippen LogP contribution in [0.25, 0.3) is 16.5 Å². The predicted molar refractivity (Wildman–Crippen MR) is 163 cm³/mol. The number of nitrogens with zero attached hydrogens (tertiary/aromatic N) is 3. The molecule has 3 amide bonds. The summed E-state index contributed by atoms with van der Waals surface area (Å²) in [6.45, 7) is 2.73. The van der Waals surface area contributed by atoms with Crippen LogP contribution in [0.1, 0.15) is 42.9 Å². The minimum Gasteiger partial charge on any atom is -0.361 e. The number of hydrogen-bond donors (Lipinski definition) is 3. The zero-order chi connectivity index (χ0) is 30.4. The van der Waals surface area contributed by atoms with Crippen molar-refractivity contribution in [3.8, 4) is 0 Å². The number of amides is 3. The first kappa shape index (κ1) is 27.6. The van der Waals surface area contributed by atoms with Gasteiger partial charge in [0.05, 0.1) is 5.92 Å². The molecule has 3 N–H and O–H groups in total. The molecule has 5 aliphatic rings. The maximum absolute atomic E-state index is 14.4. The molecular weight excluding hydrogens is 558 g/mol. The van der Waals surface area contributed by atoms with Gasteiger partial charge in [-0.3, -0.25) is 28.9 Å². The Morgan fingerprint density at radius 3 is 2.77 bits per heavy atom. The van der Waals surface area contributed by atoms with Crippen LogP contribution in [0.15, 0.2) is 60.8 Å². The second kappa shape index (κ2) is 9.76. The number of likely N-dealkylation sites (N-methyl/N-ethyl adjacent to an activating group) is 1. The Hall–Kier alpha value is -3.99. The highest BCUT2D eigenvalue weighted by molar-refractivity contribution is 6.01. The van der Waals surface area contributed by atoms with Crippen LogP contribution >= 0.6 is 0 Å². The molecule has 4 aliphatic heterocycles. The molecule has 0 spiro atoms. The number of nitrogens with one attached hydrogen (secondary N) is 2. The fraction of sp³-hybridized carbons (Fsp3) is 0.441. The lowest BCUT2D eigenvalue weighted by atomic mass is 9.79. The van der Waals surface area contributed by atoms with Gasteiger partial charge in [-0.15, -0.1) is 0 Å². The normalized spacial score (nSPS) is 32.8. The number of piperazine rings is 1. The highest BCUT2D eigenvalue weighted by Crippen LogP contribution is 2.47. The number of rotatable bonds is 5. The predicted octanol–water partition coefficient (Wildman–Crippen LogP) is 2.38. The molecule has 3 saturated heterocycles. The number of carbonyl (C=O) groups excluding carboxylic acids is 3. The van der Waals surface area contributed by atoms with E-state index < -0.39 is 35.5 Å². The quantitative estimate of drug-likeness (QED) is 0.417. The fourth-order valence-electron chi connectivity index (χ4n) is 8.32. The number of benzene rings is 2. The van der Waals surface area contributed by atoms with Crippen molar-refractivity contribution in [2.45, 2.75) is 68.8 Å². The zero-order valence-corrected chi connectivity index (χ0v) is 25.0. The first-order valence-electron chi connectivity index (χ1n) is 15.7. The average Bonchev–Trinajstić information content (AvgIpc) is 3.74. The van der Waals surface area contributed by atoms with Crippen LogP contribution in [0, 0.1) is 5.92 Å². The topological polar surface area (TPSA) is 118 Å². The van der Waals surface area contributed by atoms with E-state index in [0.717, 1.165) is 28.6 Å². The van der Waals surface area contributed by atoms with Gasteiger partial charge in [0.25, 0.3) is 11.8 Å². The van der Waals surface area contributed by atoms with Crippen LogP contribution in [0.4, 0.5) is 0 Å². The van der Waals surface area contributed by atoms with Crippen LogP contribution in [0.3, 0.4) is 0 Å². The summed E-state index contributed by atoms with van der Waals surface area (Å²) < 4.78 is 6.38. The number of carbonyl (C=O) groups is 3. The Bertz CT molecular complexity index is 1720. The fourth-order valence-corrected chi connectivity index (χ4v) is 8.32. The summed E-state index contributed by atoms with van der Waals surface area (Å²) in [6, 6.07) is 14.2. The number of aromatic amines is 1. The van der Waals surface area contributed by atoms with Crippen molar-refractivity contribution >= 4 is 34.2 Å². The molecule has 0 saturated carbocycles. The number of hydrogen-bond acceptors (Lipinski definition) is 6. The monoisotopic (exact) mass is 595 g/mol. The Morgan fingerprint density at radius 1 is 1.16 bits per heavy atom. The minimum atomic E-state index is -2.04. The third-order valence-electron chi connectivity index (χ3n) is 10.5. The lowest BCUT2D eigenvalue weighted by Gasteiger charge is -2.48. The van der Waals surface area contributed by atoms with Crippen molar-refractivity contribution in [3.63, 3.8) is 0 Å². The SMILES string of the molecule is CC[C@@]1(NC(=O)[C@H]2C=C3c4cccc5[nH]cc(c45)C[C@H]3N(C)C2)O[C@@]2(O)[C@@H]3CCCN3C(=O)[C@H](Cc3ccccc3)N2C1=O. The molecule has 1 aromatic heterocycles. The number of aromatic nitrogens is 1. The zero-order valence-electron chi connectivity index (χ0n) is 25.0. The molecular formula is C34H37N5O5. The van der Waals surface area contributed by atoms with E-state index in [1.807, 2.05) is 49.5 Å². The van der Waals surface area contributed by atoms with E-state index >= 15 is 0 Å². The number of ether oxygens (including phenoxy) is 1. The van der Waals surface area contributed by atoms with Gasteiger partial charge in [0.1, 0.15) is 12.1 Å². The molecule has 0 radical (unpaired) electrons. The molecule has 2 aromatic carbocycles. The summed E-state index contributed by atoms with van der Waals surface area (Å²) in [5.74, 6) is -3.70. The Labute approximate surface area is 255 Å². The van der Waals surface area contributed by atoms with Gasteiger partial charge < -0.3 is 20.3 Å². The maximum atomic E-state index is 14.4. The highest BCUT2D eigenvalue weighted by atomic mass is 16.7. The van der Waals surface area contributed by atoms with Gasteiger partial charge >= 0.3 is 0 Å². The van der Waals surface area contributed by atoms with E-state index in [1.54, 1.807) is 11.8 Å². The molecule has 3 aromatic rings. The molecule has 5 heterocycles. The summed E-state index contributed by atoms with van der Waals surface area (Å²) in [4.78, 5) is 50.8. The van der Waals surface area contributed by atoms with E-state index in [9.17, 15) is 19.5 Å². The van der Waals surface area contributed by atoms with Gasteiger partial charge in [-0.05, 0) is 54.6 Å². The van der Waals surface area contributed by atoms with Crippen LogP contribution in [0.2, 0.25) is 0 Å². The Morgan fingerprint density at radius 2 is 1.98 bits per heavy atom. The van der Waals surface area contributed by atoms with E-state index in [4.69, 9.17) is 4.74 Å². The second-order valence-corrected chi connectivity index (χ2v) is 12.9. The van der Waals surface area contributed by atoms with Crippen molar-refractivity contribution in [3.05, 3.63) is 77.5 Å². The van der Waals surface area contributed by atoms with E-state index in [2.05, 4.69) is 33.5 Å². The third kappa shape index (κ3) is 3.80. The summed E-state index contributed by atoms with van der Waals surface area (Å²) in [6.07, 6.45) is 6.51. The molecule has 228 valence electrons. The van der Waals surface area contributed by atoms with Crippen molar-refractivity contribution in [1.29, 1.82) is 0 Å². The van der Waals surface area contributed by atoms with Crippen molar-refractivity contribution < 1.29 is 24.2 Å². The van der Waals surface area contributed by atoms with Gasteiger partial charge in [0, 0.05) is 49.1 Å². The van der Waals surface area contributed by atoms with Gasteiger partial charge in [-0.25, -0.2) is 0 Å². The molecule has 10 heteroatoms. The van der Waals surface area contributed by atoms with Crippen LogP contribution in [-0.4, -0.2) is 92.4 Å². The van der Waals surface area contributed by atoms with Gasteiger partial charge in [-0.1, -0.05) is 55.5 Å². The molecule has 0 bridgehead atoms. The average molecular weight is 596 g/mol. The lowest BCUT2D eigenvalue weighted by Crippen LogP contribution is -2.71. The van der Waals surface area contributed by atoms with Crippen LogP contribution < -0.4 is 5.32 Å². The largest absolute Gasteiger partial charge is 0.361 e. The van der Waals surface area contributed by atoms with Crippen molar-refractivity contribution in [1.82, 2.24) is 25.0 Å². The summed E-state index contributed by atoms with van der Waals surface area (Å²) >= 11 is 0. The lowest BCUT2D eigenvalue weighted by molar-refractivity contribution is -0.317. The molecule has 10 nitrogen and oxygen atoms in total. The summed E-state index contributed by atoms with van der Waals surface area (Å²) in [5.41, 5.74) is 3.64. The minimum absolute atomic E-state index is 0.100. The molecule has 1 aliphatic carbocycles. The van der Waals surface area contributed by atoms with Gasteiger partial charge in [-0.2, -0.15) is 0 Å². The smallest absolute Gasteiger partial charge is 0.281 e. The first-order chi connectivity index (χ1) is 21.2. The highest BCUT2D eigenvalue weighted by Gasteiger charge is 2.70. The molecule has 6 atom stereocenters. The molecule has 3 fully saturated rings. The van der Waals surface area contributed by atoms with Gasteiger partial charge in [0.15, 0.2) is 0 Å². The molecule has 44 heavy (non-hydrogen) atoms. The van der Waals surface area contributed by atoms with E-state index in [-0.39, 0.29) is 30.7 Å². The van der Waals surface area contributed by atoms with Crippen molar-refractivity contribution in [2.75, 3.05) is 20.1 Å². The number of H-pyrrole nitrogens is 1. The third-order valence-corrected chi connectivity index (χ3v) is 10.5. The van der Waals surface area contributed by atoms with E-state index in [0.29, 0.717) is 25.9 Å². The maximum Gasteiger partial charge on any atom is 0.281 e. The van der Waals surface area contributed by atoms with Crippen LogP contribution in [0.5, 0.6) is 0 Å². The molecule has 0 unspecified atom stereocenters. The van der Waals surface area contributed by atoms with E-state index in [1.165, 1.54) is 15.8 Å². The Balaban J connectivity index is 1.13. The Kier molecular flexibility index (Phi) is 6.11. The molecule has 8 rings (SSSR count). The standard InChI is InChI=1S/C34H37N5O5/c1-3-33(36-30(40)22-16-24-23-11-7-12-25-29(23)21(18-35-25)17-26(24)37(2)19-22)32(42)39-27(15-20-9-5-4-6-10-20)31(41)38-14-8-13-28(38)34(39,43)44-33/h4-7,9-12,16,18,22,26-28,35,43H,3,8,13-15,17,19H2,1-2H3,(H,36,40)/t22-,26+,27-,28-,33+,34-/m0/s1. The number of fused-ring (bicyclic) bond motifs is 5. The summed E-state index contributed by atoms with van der Waals surface area (Å²) in [5, 5.41) is 16.3. The number of aliphatic hydroxyl groups is 1. The van der Waals surface area contributed by atoms with Gasteiger partial charge in [0.2, 0.25) is 17.5 Å². The second-order valence-electron chi connectivity index (χ2n) is 12.9. The van der Waals surface area contributed by atoms with Crippen molar-refractivity contribution in [2.24, 2.45) is 5.92 Å². The van der Waals surface area contributed by atoms with Crippen LogP contribution in [-0.2, 0) is 32.0 Å². The first-order valence-corrected chi connectivity index (χ1v) is 15.7. The summed E-state index contributed by atoms with van der Waals surface area (Å²) in [7, 11) is 2.03.